The monoisotopic (exact) mass is 311 g/mol. The van der Waals surface area contributed by atoms with E-state index in [1.807, 2.05) is 0 Å². The van der Waals surface area contributed by atoms with E-state index in [2.05, 4.69) is 4.98 Å². The van der Waals surface area contributed by atoms with E-state index in [0.29, 0.717) is 5.56 Å². The number of nitrogens with zero attached hydrogens (tertiary/aromatic N) is 3. The predicted molar refractivity (Wildman–Crippen MR) is 75.7 cm³/mol. The predicted octanol–water partition coefficient (Wildman–Crippen LogP) is 1.66. The van der Waals surface area contributed by atoms with Gasteiger partial charge in [-0.2, -0.15) is 0 Å². The smallest absolute Gasteiger partial charge is 0.311 e. The summed E-state index contributed by atoms with van der Waals surface area (Å²) in [6.07, 6.45) is 3.63. The van der Waals surface area contributed by atoms with Crippen LogP contribution >= 0.6 is 0 Å². The van der Waals surface area contributed by atoms with Crippen LogP contribution in [0.3, 0.4) is 0 Å². The van der Waals surface area contributed by atoms with Crippen molar-refractivity contribution in [3.63, 3.8) is 0 Å². The van der Waals surface area contributed by atoms with Gasteiger partial charge >= 0.3 is 5.69 Å². The van der Waals surface area contributed by atoms with Gasteiger partial charge in [0.25, 0.3) is 0 Å². The number of benzene rings is 1. The molecule has 112 valence electrons. The maximum atomic E-state index is 11.6. The molecule has 0 saturated heterocycles. The van der Waals surface area contributed by atoms with E-state index in [0.717, 1.165) is 10.2 Å². The number of imidazole rings is 1. The van der Waals surface area contributed by atoms with Crippen LogP contribution in [0.1, 0.15) is 6.92 Å². The summed E-state index contributed by atoms with van der Waals surface area (Å²) in [4.78, 5) is 14.4. The van der Waals surface area contributed by atoms with Gasteiger partial charge in [-0.05, 0) is 19.1 Å². The number of aromatic nitrogens is 2. The summed E-state index contributed by atoms with van der Waals surface area (Å²) in [6.45, 7) is 2.01. The molecule has 0 atom stereocenters. The molecule has 0 spiro atoms. The van der Waals surface area contributed by atoms with Gasteiger partial charge in [0, 0.05) is 24.0 Å². The van der Waals surface area contributed by atoms with Gasteiger partial charge in [0.1, 0.15) is 0 Å². The van der Waals surface area contributed by atoms with Gasteiger partial charge in [0.15, 0.2) is 11.6 Å². The Bertz CT molecular complexity index is 782. The van der Waals surface area contributed by atoms with Crippen LogP contribution in [-0.4, -0.2) is 35.2 Å². The molecule has 2 rings (SSSR count). The first kappa shape index (κ1) is 15.0. The van der Waals surface area contributed by atoms with Gasteiger partial charge in [0.05, 0.1) is 17.8 Å². The van der Waals surface area contributed by atoms with E-state index < -0.39 is 14.9 Å². The third-order valence-corrected chi connectivity index (χ3v) is 3.69. The van der Waals surface area contributed by atoms with Gasteiger partial charge in [-0.3, -0.25) is 10.1 Å². The number of nitro groups is 1. The highest BCUT2D eigenvalue weighted by molar-refractivity contribution is 7.89. The molecule has 0 unspecified atom stereocenters. The summed E-state index contributed by atoms with van der Waals surface area (Å²) in [5.74, 6) is 0.243. The maximum absolute atomic E-state index is 11.6. The minimum Gasteiger partial charge on any atom is -0.487 e. The Morgan fingerprint density at radius 2 is 2.14 bits per heavy atom. The molecule has 0 bridgehead atoms. The molecule has 0 radical (unpaired) electrons. The lowest BCUT2D eigenvalue weighted by atomic mass is 10.2. The molecule has 0 fully saturated rings. The van der Waals surface area contributed by atoms with Gasteiger partial charge in [-0.1, -0.05) is 0 Å². The first-order valence-electron chi connectivity index (χ1n) is 6.00. The van der Waals surface area contributed by atoms with Crippen LogP contribution in [0.4, 0.5) is 5.69 Å². The van der Waals surface area contributed by atoms with Crippen LogP contribution in [0.2, 0.25) is 0 Å². The van der Waals surface area contributed by atoms with Gasteiger partial charge < -0.3 is 4.74 Å². The zero-order chi connectivity index (χ0) is 15.6. The van der Waals surface area contributed by atoms with E-state index in [1.165, 1.54) is 30.6 Å². The van der Waals surface area contributed by atoms with Crippen molar-refractivity contribution >= 4 is 15.7 Å². The molecule has 21 heavy (non-hydrogen) atoms. The zero-order valence-electron chi connectivity index (χ0n) is 11.4. The van der Waals surface area contributed by atoms with E-state index in [4.69, 9.17) is 4.74 Å². The molecule has 2 aromatic rings. The molecule has 0 aliphatic heterocycles. The molecule has 0 N–H and O–H groups in total. The lowest BCUT2D eigenvalue weighted by Gasteiger charge is -2.08. The highest BCUT2D eigenvalue weighted by Crippen LogP contribution is 2.32. The van der Waals surface area contributed by atoms with Crippen LogP contribution in [0.5, 0.6) is 5.75 Å². The topological polar surface area (TPSA) is 104 Å². The second-order valence-electron chi connectivity index (χ2n) is 4.18. The molecular formula is C12H13N3O5S. The van der Waals surface area contributed by atoms with Crippen LogP contribution in [0, 0.1) is 10.1 Å². The Labute approximate surface area is 121 Å². The van der Waals surface area contributed by atoms with Crippen LogP contribution in [0.25, 0.3) is 11.4 Å². The zero-order valence-corrected chi connectivity index (χ0v) is 12.2. The minimum absolute atomic E-state index is 0.114. The SMILES string of the molecule is CCOc1ccc(-c2nccn2S(C)(=O)=O)cc1[N+](=O)[O-]. The molecule has 0 aliphatic carbocycles. The molecule has 0 saturated carbocycles. The molecule has 1 heterocycles. The fourth-order valence-electron chi connectivity index (χ4n) is 1.84. The van der Waals surface area contributed by atoms with Crippen molar-refractivity contribution in [3.8, 4) is 17.1 Å². The molecule has 9 heteroatoms. The first-order chi connectivity index (χ1) is 9.84. The number of hydrogen-bond acceptors (Lipinski definition) is 6. The van der Waals surface area contributed by atoms with Crippen LogP contribution in [0.15, 0.2) is 30.6 Å². The molecule has 1 aromatic carbocycles. The highest BCUT2D eigenvalue weighted by Gasteiger charge is 2.20. The second-order valence-corrected chi connectivity index (χ2v) is 6.04. The van der Waals surface area contributed by atoms with Crippen molar-refractivity contribution in [2.24, 2.45) is 0 Å². The maximum Gasteiger partial charge on any atom is 0.311 e. The lowest BCUT2D eigenvalue weighted by molar-refractivity contribution is -0.385. The second kappa shape index (κ2) is 5.52. The minimum atomic E-state index is -3.54. The fraction of sp³-hybridized carbons (Fsp3) is 0.250. The quantitative estimate of drug-likeness (QED) is 0.614. The normalized spacial score (nSPS) is 11.3. The third-order valence-electron chi connectivity index (χ3n) is 2.68. The van der Waals surface area contributed by atoms with Gasteiger partial charge in [0.2, 0.25) is 10.0 Å². The summed E-state index contributed by atoms with van der Waals surface area (Å²) in [5.41, 5.74) is 0.0815. The van der Waals surface area contributed by atoms with Crippen molar-refractivity contribution in [3.05, 3.63) is 40.7 Å². The average Bonchev–Trinajstić information content (AvgIpc) is 2.88. The lowest BCUT2D eigenvalue weighted by Crippen LogP contribution is -2.10. The van der Waals surface area contributed by atoms with E-state index in [-0.39, 0.29) is 23.9 Å². The van der Waals surface area contributed by atoms with E-state index >= 15 is 0 Å². The Balaban J connectivity index is 2.59. The molecular weight excluding hydrogens is 298 g/mol. The van der Waals surface area contributed by atoms with Gasteiger partial charge in [-0.25, -0.2) is 17.4 Å². The fourth-order valence-corrected chi connectivity index (χ4v) is 2.58. The Kier molecular flexibility index (Phi) is 3.94. The van der Waals surface area contributed by atoms with Crippen molar-refractivity contribution in [2.45, 2.75) is 6.92 Å². The van der Waals surface area contributed by atoms with Crippen molar-refractivity contribution in [1.82, 2.24) is 8.96 Å². The number of hydrogen-bond donors (Lipinski definition) is 0. The van der Waals surface area contributed by atoms with Crippen LogP contribution in [-0.2, 0) is 10.0 Å². The summed E-state index contributed by atoms with van der Waals surface area (Å²) in [5, 5.41) is 11.1. The summed E-state index contributed by atoms with van der Waals surface area (Å²) in [6, 6.07) is 4.20. The summed E-state index contributed by atoms with van der Waals surface area (Å²) in [7, 11) is -3.54. The molecule has 0 amide bonds. The molecule has 0 aliphatic rings. The number of rotatable bonds is 5. The Hall–Kier alpha value is -2.42. The average molecular weight is 311 g/mol. The number of ether oxygens (including phenoxy) is 1. The van der Waals surface area contributed by atoms with Crippen molar-refractivity contribution < 1.29 is 18.1 Å². The summed E-state index contributed by atoms with van der Waals surface area (Å²) >= 11 is 0. The first-order valence-corrected chi connectivity index (χ1v) is 7.85. The Morgan fingerprint density at radius 1 is 1.43 bits per heavy atom. The highest BCUT2D eigenvalue weighted by atomic mass is 32.2. The standard InChI is InChI=1S/C12H13N3O5S/c1-3-20-11-5-4-9(8-10(11)15(16)17)12-13-6-7-14(12)21(2,18)19/h4-8H,3H2,1-2H3. The van der Waals surface area contributed by atoms with Crippen LogP contribution < -0.4 is 4.74 Å². The van der Waals surface area contributed by atoms with Gasteiger partial charge in [-0.15, -0.1) is 0 Å². The van der Waals surface area contributed by atoms with E-state index in [9.17, 15) is 18.5 Å². The van der Waals surface area contributed by atoms with Crippen molar-refractivity contribution in [2.75, 3.05) is 12.9 Å². The molecule has 1 aromatic heterocycles. The Morgan fingerprint density at radius 3 is 2.71 bits per heavy atom. The van der Waals surface area contributed by atoms with Crippen molar-refractivity contribution in [1.29, 1.82) is 0 Å². The van der Waals surface area contributed by atoms with E-state index in [1.54, 1.807) is 6.92 Å². The summed E-state index contributed by atoms with van der Waals surface area (Å²) < 4.78 is 29.4. The number of nitro benzene ring substituents is 1. The largest absolute Gasteiger partial charge is 0.487 e. The third kappa shape index (κ3) is 3.02. The molecule has 8 nitrogen and oxygen atoms in total.